The molecule has 0 N–H and O–H groups in total. The van der Waals surface area contributed by atoms with Crippen LogP contribution < -0.4 is 0 Å². The van der Waals surface area contributed by atoms with Crippen LogP contribution in [0.25, 0.3) is 0 Å². The Morgan fingerprint density at radius 2 is 2.04 bits per heavy atom. The highest BCUT2D eigenvalue weighted by atomic mass is 19.4. The van der Waals surface area contributed by atoms with E-state index in [-0.39, 0.29) is 30.4 Å². The molecule has 2 amide bonds. The maximum atomic E-state index is 12.9. The lowest BCUT2D eigenvalue weighted by molar-refractivity contribution is -0.233. The lowest BCUT2D eigenvalue weighted by atomic mass is 10.2. The van der Waals surface area contributed by atoms with Gasteiger partial charge in [0, 0.05) is 26.2 Å². The molecular weight excluding hydrogens is 341 g/mol. The first-order valence-electron chi connectivity index (χ1n) is 8.08. The number of fused-ring (bicyclic) bond motifs is 1. The van der Waals surface area contributed by atoms with Gasteiger partial charge in [0.1, 0.15) is 11.5 Å². The molecule has 10 heteroatoms. The van der Waals surface area contributed by atoms with Crippen molar-refractivity contribution in [1.29, 1.82) is 0 Å². The van der Waals surface area contributed by atoms with Gasteiger partial charge in [-0.05, 0) is 13.8 Å². The van der Waals surface area contributed by atoms with E-state index in [1.54, 1.807) is 16.4 Å². The number of morpholine rings is 1. The van der Waals surface area contributed by atoms with Crippen LogP contribution >= 0.6 is 0 Å². The van der Waals surface area contributed by atoms with Crippen molar-refractivity contribution in [2.45, 2.75) is 32.7 Å². The minimum absolute atomic E-state index is 0.0302. The van der Waals surface area contributed by atoms with Crippen molar-refractivity contribution in [1.82, 2.24) is 19.4 Å². The number of imidazole rings is 1. The Balaban J connectivity index is 1.90. The quantitative estimate of drug-likeness (QED) is 0.791. The van der Waals surface area contributed by atoms with Gasteiger partial charge in [-0.2, -0.15) is 13.2 Å². The molecule has 25 heavy (non-hydrogen) atoms. The van der Waals surface area contributed by atoms with E-state index in [0.29, 0.717) is 25.5 Å². The zero-order chi connectivity index (χ0) is 18.4. The van der Waals surface area contributed by atoms with E-state index < -0.39 is 24.7 Å². The van der Waals surface area contributed by atoms with Gasteiger partial charge in [0.25, 0.3) is 11.8 Å². The number of ether oxygens (including phenoxy) is 1. The lowest BCUT2D eigenvalue weighted by Crippen LogP contribution is -2.51. The van der Waals surface area contributed by atoms with Crippen molar-refractivity contribution in [2.24, 2.45) is 0 Å². The van der Waals surface area contributed by atoms with E-state index in [0.717, 1.165) is 4.90 Å². The van der Waals surface area contributed by atoms with Crippen LogP contribution in [0.5, 0.6) is 0 Å². The predicted molar refractivity (Wildman–Crippen MR) is 80.2 cm³/mol. The molecule has 2 aliphatic heterocycles. The highest BCUT2D eigenvalue weighted by Gasteiger charge is 2.45. The molecule has 2 aliphatic rings. The van der Waals surface area contributed by atoms with Crippen LogP contribution in [0, 0.1) is 6.92 Å². The van der Waals surface area contributed by atoms with E-state index in [2.05, 4.69) is 4.98 Å². The van der Waals surface area contributed by atoms with Gasteiger partial charge in [-0.15, -0.1) is 0 Å². The van der Waals surface area contributed by atoms with E-state index >= 15 is 0 Å². The molecule has 1 unspecified atom stereocenters. The number of halogens is 3. The van der Waals surface area contributed by atoms with E-state index in [4.69, 9.17) is 4.74 Å². The monoisotopic (exact) mass is 360 g/mol. The van der Waals surface area contributed by atoms with Crippen molar-refractivity contribution in [3.63, 3.8) is 0 Å². The number of likely N-dealkylation sites (N-methyl/N-ethyl adjacent to an activating group) is 1. The van der Waals surface area contributed by atoms with Gasteiger partial charge < -0.3 is 19.1 Å². The van der Waals surface area contributed by atoms with Crippen molar-refractivity contribution in [3.05, 3.63) is 17.2 Å². The van der Waals surface area contributed by atoms with Crippen molar-refractivity contribution < 1.29 is 27.5 Å². The van der Waals surface area contributed by atoms with Crippen LogP contribution in [0.1, 0.15) is 33.7 Å². The summed E-state index contributed by atoms with van der Waals surface area (Å²) in [5.74, 6) is -0.484. The molecule has 0 aromatic carbocycles. The van der Waals surface area contributed by atoms with Gasteiger partial charge in [0.05, 0.1) is 13.2 Å². The summed E-state index contributed by atoms with van der Waals surface area (Å²) < 4.78 is 45.0. The second-order valence-electron chi connectivity index (χ2n) is 6.04. The molecule has 3 heterocycles. The average molecular weight is 360 g/mol. The summed E-state index contributed by atoms with van der Waals surface area (Å²) in [4.78, 5) is 32.2. The highest BCUT2D eigenvalue weighted by molar-refractivity contribution is 6.05. The summed E-state index contributed by atoms with van der Waals surface area (Å²) in [6.07, 6.45) is -6.57. The standard InChI is InChI=1S/C15H19F3N4O3/c1-3-20-4-5-22-9(2)19-11(12(22)14(20)24)13(23)21-6-7-25-10(8-21)15(16,17)18/h10H,3-8H2,1-2H3. The molecular formula is C15H19F3N4O3. The van der Waals surface area contributed by atoms with Gasteiger partial charge in [-0.1, -0.05) is 0 Å². The van der Waals surface area contributed by atoms with Gasteiger partial charge in [-0.25, -0.2) is 4.98 Å². The summed E-state index contributed by atoms with van der Waals surface area (Å²) in [5.41, 5.74) is 0.0779. The van der Waals surface area contributed by atoms with Gasteiger partial charge in [0.15, 0.2) is 11.8 Å². The number of amides is 2. The molecule has 3 rings (SSSR count). The molecule has 1 aromatic rings. The fourth-order valence-corrected chi connectivity index (χ4v) is 3.16. The van der Waals surface area contributed by atoms with E-state index in [1.807, 2.05) is 6.92 Å². The number of aryl methyl sites for hydroxylation is 1. The summed E-state index contributed by atoms with van der Waals surface area (Å²) in [5, 5.41) is 0. The van der Waals surface area contributed by atoms with Crippen LogP contribution in [0.3, 0.4) is 0 Å². The third-order valence-electron chi connectivity index (χ3n) is 4.54. The first kappa shape index (κ1) is 17.7. The average Bonchev–Trinajstić information content (AvgIpc) is 2.92. The zero-order valence-corrected chi connectivity index (χ0v) is 14.0. The molecule has 0 aliphatic carbocycles. The lowest BCUT2D eigenvalue weighted by Gasteiger charge is -2.34. The molecule has 1 saturated heterocycles. The third-order valence-corrected chi connectivity index (χ3v) is 4.54. The van der Waals surface area contributed by atoms with Crippen LogP contribution in [0.4, 0.5) is 13.2 Å². The Kier molecular flexibility index (Phi) is 4.48. The van der Waals surface area contributed by atoms with Crippen LogP contribution in [0.2, 0.25) is 0 Å². The summed E-state index contributed by atoms with van der Waals surface area (Å²) >= 11 is 0. The van der Waals surface area contributed by atoms with Crippen molar-refractivity contribution >= 4 is 11.8 Å². The fourth-order valence-electron chi connectivity index (χ4n) is 3.16. The molecule has 0 saturated carbocycles. The second kappa shape index (κ2) is 6.32. The van der Waals surface area contributed by atoms with E-state index in [1.165, 1.54) is 0 Å². The third kappa shape index (κ3) is 3.10. The smallest absolute Gasteiger partial charge is 0.365 e. The largest absolute Gasteiger partial charge is 0.416 e. The minimum Gasteiger partial charge on any atom is -0.365 e. The number of nitrogens with zero attached hydrogens (tertiary/aromatic N) is 4. The molecule has 1 aromatic heterocycles. The minimum atomic E-state index is -4.54. The van der Waals surface area contributed by atoms with Crippen LogP contribution in [-0.4, -0.2) is 76.2 Å². The fraction of sp³-hybridized carbons (Fsp3) is 0.667. The Labute approximate surface area is 142 Å². The van der Waals surface area contributed by atoms with E-state index in [9.17, 15) is 22.8 Å². The molecule has 138 valence electrons. The van der Waals surface area contributed by atoms with Crippen molar-refractivity contribution in [3.8, 4) is 0 Å². The molecule has 7 nitrogen and oxygen atoms in total. The maximum absolute atomic E-state index is 12.9. The summed E-state index contributed by atoms with van der Waals surface area (Å²) in [6, 6.07) is 0. The normalized spacial score (nSPS) is 21.5. The molecule has 0 spiro atoms. The number of carbonyl (C=O) groups is 2. The Morgan fingerprint density at radius 3 is 2.68 bits per heavy atom. The predicted octanol–water partition coefficient (Wildman–Crippen LogP) is 1.07. The molecule has 0 radical (unpaired) electrons. The zero-order valence-electron chi connectivity index (χ0n) is 14.0. The first-order chi connectivity index (χ1) is 11.7. The Hall–Kier alpha value is -2.10. The highest BCUT2D eigenvalue weighted by Crippen LogP contribution is 2.27. The van der Waals surface area contributed by atoms with Gasteiger partial charge in [0.2, 0.25) is 0 Å². The molecule has 1 fully saturated rings. The molecule has 1 atom stereocenters. The summed E-state index contributed by atoms with van der Waals surface area (Å²) in [7, 11) is 0. The van der Waals surface area contributed by atoms with Crippen LogP contribution in [0.15, 0.2) is 0 Å². The molecule has 0 bridgehead atoms. The Bertz CT molecular complexity index is 701. The number of hydrogen-bond donors (Lipinski definition) is 0. The number of rotatable bonds is 2. The topological polar surface area (TPSA) is 67.7 Å². The second-order valence-corrected chi connectivity index (χ2v) is 6.04. The SMILES string of the molecule is CCN1CCn2c(C)nc(C(=O)N3CCOC(C(F)(F)F)C3)c2C1=O. The number of hydrogen-bond acceptors (Lipinski definition) is 4. The maximum Gasteiger partial charge on any atom is 0.416 e. The van der Waals surface area contributed by atoms with Crippen molar-refractivity contribution in [2.75, 3.05) is 32.8 Å². The Morgan fingerprint density at radius 1 is 1.32 bits per heavy atom. The number of alkyl halides is 3. The number of aromatic nitrogens is 2. The van der Waals surface area contributed by atoms with Gasteiger partial charge >= 0.3 is 6.18 Å². The number of carbonyl (C=O) groups excluding carboxylic acids is 2. The first-order valence-corrected chi connectivity index (χ1v) is 8.08. The summed E-state index contributed by atoms with van der Waals surface area (Å²) in [6.45, 7) is 4.24. The van der Waals surface area contributed by atoms with Crippen LogP contribution in [-0.2, 0) is 11.3 Å². The van der Waals surface area contributed by atoms with Gasteiger partial charge in [-0.3, -0.25) is 9.59 Å².